The zero-order valence-corrected chi connectivity index (χ0v) is 8.91. The molecule has 1 atom stereocenters. The van der Waals surface area contributed by atoms with Gasteiger partial charge in [-0.3, -0.25) is 4.98 Å². The van der Waals surface area contributed by atoms with Crippen molar-refractivity contribution >= 4 is 0 Å². The predicted molar refractivity (Wildman–Crippen MR) is 56.8 cm³/mol. The number of likely N-dealkylation sites (N-methyl/N-ethyl adjacent to an activating group) is 1. The molecule has 3 nitrogen and oxygen atoms in total. The minimum absolute atomic E-state index is 0.313. The van der Waals surface area contributed by atoms with Gasteiger partial charge in [-0.05, 0) is 38.6 Å². The van der Waals surface area contributed by atoms with Gasteiger partial charge >= 0.3 is 0 Å². The maximum Gasteiger partial charge on any atom is 0.141 e. The number of pyridine rings is 1. The summed E-state index contributed by atoms with van der Waals surface area (Å²) in [5.41, 5.74) is 6.67. The smallest absolute Gasteiger partial charge is 0.141 e. The Kier molecular flexibility index (Phi) is 2.71. The zero-order valence-electron chi connectivity index (χ0n) is 8.91. The van der Waals surface area contributed by atoms with Crippen molar-refractivity contribution in [1.82, 2.24) is 9.88 Å². The Morgan fingerprint density at radius 2 is 2.33 bits per heavy atom. The molecule has 1 unspecified atom stereocenters. The molecule has 15 heavy (non-hydrogen) atoms. The maximum absolute atomic E-state index is 12.7. The van der Waals surface area contributed by atoms with E-state index in [0.717, 1.165) is 31.6 Å². The van der Waals surface area contributed by atoms with Gasteiger partial charge in [0.15, 0.2) is 0 Å². The molecule has 1 fully saturated rings. The monoisotopic (exact) mass is 209 g/mol. The van der Waals surface area contributed by atoms with Gasteiger partial charge in [0.05, 0.1) is 17.4 Å². The second-order valence-electron chi connectivity index (χ2n) is 4.36. The van der Waals surface area contributed by atoms with Crippen LogP contribution in [0.15, 0.2) is 18.3 Å². The van der Waals surface area contributed by atoms with E-state index in [-0.39, 0.29) is 5.82 Å². The summed E-state index contributed by atoms with van der Waals surface area (Å²) < 4.78 is 12.7. The summed E-state index contributed by atoms with van der Waals surface area (Å²) in [7, 11) is 2.05. The van der Waals surface area contributed by atoms with Crippen molar-refractivity contribution in [2.75, 3.05) is 20.1 Å². The first-order valence-corrected chi connectivity index (χ1v) is 5.20. The van der Waals surface area contributed by atoms with Gasteiger partial charge in [-0.15, -0.1) is 0 Å². The van der Waals surface area contributed by atoms with E-state index in [2.05, 4.69) is 9.88 Å². The van der Waals surface area contributed by atoms with E-state index in [1.54, 1.807) is 6.07 Å². The molecular formula is C11H16FN3. The number of nitrogens with two attached hydrogens (primary N) is 1. The highest BCUT2D eigenvalue weighted by atomic mass is 19.1. The van der Waals surface area contributed by atoms with E-state index in [4.69, 9.17) is 5.73 Å². The Morgan fingerprint density at radius 1 is 1.53 bits per heavy atom. The minimum atomic E-state index is -0.416. The Labute approximate surface area is 89.1 Å². The Balaban J connectivity index is 2.24. The predicted octanol–water partition coefficient (Wildman–Crippen LogP) is 1.10. The third-order valence-corrected chi connectivity index (χ3v) is 2.95. The minimum Gasteiger partial charge on any atom is -0.319 e. The maximum atomic E-state index is 12.7. The van der Waals surface area contributed by atoms with Crippen LogP contribution >= 0.6 is 0 Å². The van der Waals surface area contributed by atoms with Crippen molar-refractivity contribution in [2.45, 2.75) is 18.4 Å². The largest absolute Gasteiger partial charge is 0.319 e. The topological polar surface area (TPSA) is 42.1 Å². The number of aromatic nitrogens is 1. The SMILES string of the molecule is CN1CCCC(N)(c2ccc(F)cn2)C1. The van der Waals surface area contributed by atoms with Gasteiger partial charge in [-0.2, -0.15) is 0 Å². The van der Waals surface area contributed by atoms with Gasteiger partial charge in [-0.1, -0.05) is 0 Å². The second kappa shape index (κ2) is 3.87. The van der Waals surface area contributed by atoms with Crippen LogP contribution < -0.4 is 5.73 Å². The molecule has 2 N–H and O–H groups in total. The van der Waals surface area contributed by atoms with Crippen LogP contribution in [0.4, 0.5) is 4.39 Å². The first-order valence-electron chi connectivity index (χ1n) is 5.20. The molecule has 4 heteroatoms. The van der Waals surface area contributed by atoms with Crippen molar-refractivity contribution < 1.29 is 4.39 Å². The van der Waals surface area contributed by atoms with Gasteiger partial charge in [0.25, 0.3) is 0 Å². The van der Waals surface area contributed by atoms with E-state index in [0.29, 0.717) is 0 Å². The van der Waals surface area contributed by atoms with Crippen LogP contribution in [0.25, 0.3) is 0 Å². The molecule has 0 aliphatic carbocycles. The fraction of sp³-hybridized carbons (Fsp3) is 0.545. The number of halogens is 1. The molecule has 0 spiro atoms. The number of rotatable bonds is 1. The number of nitrogens with zero attached hydrogens (tertiary/aromatic N) is 2. The average Bonchev–Trinajstić information content (AvgIpc) is 2.18. The van der Waals surface area contributed by atoms with Crippen molar-refractivity contribution in [3.05, 3.63) is 29.8 Å². The number of piperidine rings is 1. The summed E-state index contributed by atoms with van der Waals surface area (Å²) in [6.45, 7) is 1.85. The second-order valence-corrected chi connectivity index (χ2v) is 4.36. The first-order chi connectivity index (χ1) is 7.10. The summed E-state index contributed by atoms with van der Waals surface area (Å²) in [5, 5.41) is 0. The van der Waals surface area contributed by atoms with Crippen LogP contribution in [0.1, 0.15) is 18.5 Å². The molecule has 1 aliphatic heterocycles. The van der Waals surface area contributed by atoms with Crippen molar-refractivity contribution in [3.63, 3.8) is 0 Å². The summed E-state index contributed by atoms with van der Waals surface area (Å²) in [5.74, 6) is -0.313. The molecule has 1 aromatic heterocycles. The Hall–Kier alpha value is -1.00. The highest BCUT2D eigenvalue weighted by Gasteiger charge is 2.33. The van der Waals surface area contributed by atoms with Crippen LogP contribution in [0, 0.1) is 5.82 Å². The van der Waals surface area contributed by atoms with E-state index < -0.39 is 5.54 Å². The van der Waals surface area contributed by atoms with Crippen LogP contribution in [-0.2, 0) is 5.54 Å². The van der Waals surface area contributed by atoms with Gasteiger partial charge < -0.3 is 10.6 Å². The molecule has 0 saturated carbocycles. The summed E-state index contributed by atoms with van der Waals surface area (Å²) in [4.78, 5) is 6.27. The fourth-order valence-electron chi connectivity index (χ4n) is 2.18. The zero-order chi connectivity index (χ0) is 10.9. The van der Waals surface area contributed by atoms with Crippen LogP contribution in [0.2, 0.25) is 0 Å². The van der Waals surface area contributed by atoms with E-state index in [9.17, 15) is 4.39 Å². The molecule has 0 amide bonds. The summed E-state index contributed by atoms with van der Waals surface area (Å²) in [6, 6.07) is 3.11. The molecule has 2 rings (SSSR count). The summed E-state index contributed by atoms with van der Waals surface area (Å²) in [6.07, 6.45) is 3.21. The van der Waals surface area contributed by atoms with Crippen LogP contribution in [-0.4, -0.2) is 30.0 Å². The molecule has 1 saturated heterocycles. The molecule has 82 valence electrons. The van der Waals surface area contributed by atoms with Gasteiger partial charge in [0.2, 0.25) is 0 Å². The molecule has 0 bridgehead atoms. The van der Waals surface area contributed by atoms with Crippen LogP contribution in [0.3, 0.4) is 0 Å². The van der Waals surface area contributed by atoms with E-state index in [1.165, 1.54) is 12.3 Å². The van der Waals surface area contributed by atoms with Gasteiger partial charge in [0, 0.05) is 6.54 Å². The lowest BCUT2D eigenvalue weighted by atomic mass is 9.87. The average molecular weight is 209 g/mol. The van der Waals surface area contributed by atoms with Crippen LogP contribution in [0.5, 0.6) is 0 Å². The van der Waals surface area contributed by atoms with E-state index in [1.807, 2.05) is 7.05 Å². The molecule has 1 aliphatic rings. The number of likely N-dealkylation sites (tertiary alicyclic amines) is 1. The normalized spacial score (nSPS) is 27.9. The molecule has 0 aromatic carbocycles. The highest BCUT2D eigenvalue weighted by Crippen LogP contribution is 2.26. The van der Waals surface area contributed by atoms with Crippen molar-refractivity contribution in [3.8, 4) is 0 Å². The Morgan fingerprint density at radius 3 is 2.93 bits per heavy atom. The van der Waals surface area contributed by atoms with Crippen molar-refractivity contribution in [2.24, 2.45) is 5.73 Å². The van der Waals surface area contributed by atoms with Gasteiger partial charge in [-0.25, -0.2) is 4.39 Å². The first kappa shape index (κ1) is 10.5. The lowest BCUT2D eigenvalue weighted by molar-refractivity contribution is 0.176. The van der Waals surface area contributed by atoms with Crippen molar-refractivity contribution in [1.29, 1.82) is 0 Å². The number of hydrogen-bond acceptors (Lipinski definition) is 3. The molecule has 1 aromatic rings. The molecule has 0 radical (unpaired) electrons. The van der Waals surface area contributed by atoms with E-state index >= 15 is 0 Å². The third-order valence-electron chi connectivity index (χ3n) is 2.95. The lowest BCUT2D eigenvalue weighted by Crippen LogP contribution is -2.51. The highest BCUT2D eigenvalue weighted by molar-refractivity contribution is 5.17. The Bertz CT molecular complexity index is 338. The van der Waals surface area contributed by atoms with Gasteiger partial charge in [0.1, 0.15) is 5.82 Å². The standard InChI is InChI=1S/C11H16FN3/c1-15-6-2-5-11(13,8-15)10-4-3-9(12)7-14-10/h3-4,7H,2,5-6,8,13H2,1H3. The fourth-order valence-corrected chi connectivity index (χ4v) is 2.18. The number of hydrogen-bond donors (Lipinski definition) is 1. The lowest BCUT2D eigenvalue weighted by Gasteiger charge is -2.38. The third kappa shape index (κ3) is 2.16. The quantitative estimate of drug-likeness (QED) is 0.753. The molecule has 2 heterocycles. The molecular weight excluding hydrogens is 193 g/mol. The summed E-state index contributed by atoms with van der Waals surface area (Å²) >= 11 is 0.